The molecule has 0 fully saturated rings. The normalized spacial score (nSPS) is 16.2. The lowest BCUT2D eigenvalue weighted by molar-refractivity contribution is -0.385. The molecule has 1 unspecified atom stereocenters. The van der Waals surface area contributed by atoms with Crippen LogP contribution in [0.15, 0.2) is 23.4 Å². The average molecular weight is 407 g/mol. The summed E-state index contributed by atoms with van der Waals surface area (Å²) >= 11 is 0. The first-order chi connectivity index (χ1) is 13.7. The van der Waals surface area contributed by atoms with Gasteiger partial charge >= 0.3 is 17.7 Å². The summed E-state index contributed by atoms with van der Waals surface area (Å²) in [4.78, 5) is 35.8. The van der Waals surface area contributed by atoms with Gasteiger partial charge < -0.3 is 24.8 Å². The van der Waals surface area contributed by atoms with E-state index in [0.29, 0.717) is 5.70 Å². The highest BCUT2D eigenvalue weighted by Crippen LogP contribution is 2.41. The van der Waals surface area contributed by atoms with Crippen molar-refractivity contribution >= 4 is 17.7 Å². The topological polar surface area (TPSA) is 129 Å². The minimum atomic E-state index is -0.996. The second kappa shape index (κ2) is 9.26. The van der Waals surface area contributed by atoms with Gasteiger partial charge in [-0.3, -0.25) is 10.1 Å². The number of esters is 1. The van der Waals surface area contributed by atoms with Crippen LogP contribution in [-0.4, -0.2) is 37.2 Å². The second-order valence-electron chi connectivity index (χ2n) is 6.49. The van der Waals surface area contributed by atoms with Crippen molar-refractivity contribution in [3.63, 3.8) is 0 Å². The second-order valence-corrected chi connectivity index (χ2v) is 6.49. The Morgan fingerprint density at radius 1 is 1.21 bits per heavy atom. The molecule has 1 heterocycles. The summed E-state index contributed by atoms with van der Waals surface area (Å²) in [5.41, 5.74) is 0.495. The number of hydrogen-bond donors (Lipinski definition) is 2. The van der Waals surface area contributed by atoms with Crippen LogP contribution in [0.2, 0.25) is 0 Å². The quantitative estimate of drug-likeness (QED) is 0.385. The zero-order valence-corrected chi connectivity index (χ0v) is 17.0. The molecule has 1 atom stereocenters. The molecule has 10 nitrogen and oxygen atoms in total. The third-order valence-corrected chi connectivity index (χ3v) is 4.28. The number of nitro groups is 1. The van der Waals surface area contributed by atoms with Crippen molar-refractivity contribution in [2.45, 2.75) is 33.7 Å². The lowest BCUT2D eigenvalue weighted by Gasteiger charge is -2.31. The fourth-order valence-corrected chi connectivity index (χ4v) is 3.10. The first-order valence-corrected chi connectivity index (χ1v) is 9.22. The highest BCUT2D eigenvalue weighted by Gasteiger charge is 2.37. The molecule has 0 aromatic heterocycles. The fourth-order valence-electron chi connectivity index (χ4n) is 3.10. The molecule has 0 aliphatic carbocycles. The lowest BCUT2D eigenvalue weighted by atomic mass is 9.90. The number of nitrogens with zero attached hydrogens (tertiary/aromatic N) is 1. The van der Waals surface area contributed by atoms with E-state index >= 15 is 0 Å². The molecule has 1 aromatic carbocycles. The maximum absolute atomic E-state index is 12.6. The zero-order valence-electron chi connectivity index (χ0n) is 17.0. The SMILES string of the molecule is CCOc1cc(OCC)c([N+](=O)[O-])cc1C1NC(=O)NC(C(C)C)=C1C(=O)OC. The van der Waals surface area contributed by atoms with Crippen molar-refractivity contribution in [1.29, 1.82) is 0 Å². The molecule has 29 heavy (non-hydrogen) atoms. The standard InChI is InChI=1S/C19H25N3O7/c1-6-28-13-9-14(29-7-2)12(22(25)26)8-11(13)17-15(18(23)27-5)16(10(3)4)20-19(24)21-17/h8-10,17H,6-7H2,1-5H3,(H2,20,21,24). The molecule has 158 valence electrons. The minimum Gasteiger partial charge on any atom is -0.493 e. The van der Waals surface area contributed by atoms with Crippen LogP contribution in [-0.2, 0) is 9.53 Å². The number of nitro benzene ring substituents is 1. The van der Waals surface area contributed by atoms with Crippen molar-refractivity contribution in [2.75, 3.05) is 20.3 Å². The monoisotopic (exact) mass is 407 g/mol. The molecular weight excluding hydrogens is 382 g/mol. The van der Waals surface area contributed by atoms with Gasteiger partial charge in [-0.25, -0.2) is 9.59 Å². The smallest absolute Gasteiger partial charge is 0.337 e. The molecular formula is C19H25N3O7. The van der Waals surface area contributed by atoms with E-state index in [4.69, 9.17) is 14.2 Å². The highest BCUT2D eigenvalue weighted by atomic mass is 16.6. The summed E-state index contributed by atoms with van der Waals surface area (Å²) in [5, 5.41) is 16.9. The molecule has 1 aromatic rings. The van der Waals surface area contributed by atoms with Gasteiger partial charge in [0.15, 0.2) is 0 Å². The van der Waals surface area contributed by atoms with E-state index < -0.39 is 23.0 Å². The van der Waals surface area contributed by atoms with Crippen molar-refractivity contribution < 1.29 is 28.7 Å². The third kappa shape index (κ3) is 4.58. The number of methoxy groups -OCH3 is 1. The van der Waals surface area contributed by atoms with Crippen molar-refractivity contribution in [1.82, 2.24) is 10.6 Å². The molecule has 0 bridgehead atoms. The van der Waals surface area contributed by atoms with E-state index in [2.05, 4.69) is 10.6 Å². The van der Waals surface area contributed by atoms with Crippen LogP contribution in [0.4, 0.5) is 10.5 Å². The average Bonchev–Trinajstić information content (AvgIpc) is 2.67. The van der Waals surface area contributed by atoms with Gasteiger partial charge in [0.1, 0.15) is 5.75 Å². The molecule has 0 saturated carbocycles. The number of nitrogens with one attached hydrogen (secondary N) is 2. The number of amides is 2. The summed E-state index contributed by atoms with van der Waals surface area (Å²) in [6.45, 7) is 7.57. The van der Waals surface area contributed by atoms with Gasteiger partial charge in [-0.15, -0.1) is 0 Å². The first kappa shape index (κ1) is 22.0. The largest absolute Gasteiger partial charge is 0.493 e. The summed E-state index contributed by atoms with van der Waals surface area (Å²) < 4.78 is 15.9. The highest BCUT2D eigenvalue weighted by molar-refractivity contribution is 5.95. The predicted molar refractivity (Wildman–Crippen MR) is 104 cm³/mol. The van der Waals surface area contributed by atoms with Crippen molar-refractivity contribution in [2.24, 2.45) is 5.92 Å². The molecule has 0 radical (unpaired) electrons. The maximum Gasteiger partial charge on any atom is 0.337 e. The van der Waals surface area contributed by atoms with E-state index in [-0.39, 0.29) is 47.5 Å². The van der Waals surface area contributed by atoms with Crippen LogP contribution in [0.25, 0.3) is 0 Å². The van der Waals surface area contributed by atoms with Crippen LogP contribution in [0.1, 0.15) is 39.3 Å². The predicted octanol–water partition coefficient (Wildman–Crippen LogP) is 2.83. The Bertz CT molecular complexity index is 848. The molecule has 0 spiro atoms. The Kier molecular flexibility index (Phi) is 7.03. The number of ether oxygens (including phenoxy) is 3. The summed E-state index contributed by atoms with van der Waals surface area (Å²) in [6, 6.07) is 1.13. The Morgan fingerprint density at radius 3 is 2.34 bits per heavy atom. The van der Waals surface area contributed by atoms with E-state index in [1.54, 1.807) is 13.8 Å². The van der Waals surface area contributed by atoms with Gasteiger partial charge in [-0.2, -0.15) is 0 Å². The van der Waals surface area contributed by atoms with Crippen LogP contribution >= 0.6 is 0 Å². The minimum absolute atomic E-state index is 0.0395. The molecule has 2 amide bonds. The van der Waals surface area contributed by atoms with E-state index in [1.165, 1.54) is 19.2 Å². The van der Waals surface area contributed by atoms with E-state index in [9.17, 15) is 19.7 Å². The molecule has 1 aliphatic heterocycles. The Morgan fingerprint density at radius 2 is 1.83 bits per heavy atom. The van der Waals surface area contributed by atoms with Crippen LogP contribution in [0.5, 0.6) is 11.5 Å². The Balaban J connectivity index is 2.78. The van der Waals surface area contributed by atoms with Crippen LogP contribution in [0.3, 0.4) is 0 Å². The number of urea groups is 1. The Labute approximate surface area is 168 Å². The number of benzene rings is 1. The molecule has 2 rings (SSSR count). The van der Waals surface area contributed by atoms with Crippen molar-refractivity contribution in [3.8, 4) is 11.5 Å². The number of allylic oxidation sites excluding steroid dienone is 1. The van der Waals surface area contributed by atoms with Gasteiger partial charge in [0.05, 0.1) is 36.9 Å². The maximum atomic E-state index is 12.6. The van der Waals surface area contributed by atoms with Crippen LogP contribution in [0, 0.1) is 16.0 Å². The fraction of sp³-hybridized carbons (Fsp3) is 0.474. The summed E-state index contributed by atoms with van der Waals surface area (Å²) in [5.74, 6) is -0.563. The molecule has 10 heteroatoms. The third-order valence-electron chi connectivity index (χ3n) is 4.28. The number of carbonyl (C=O) groups excluding carboxylic acids is 2. The lowest BCUT2D eigenvalue weighted by Crippen LogP contribution is -2.47. The Hall–Kier alpha value is -3.30. The molecule has 2 N–H and O–H groups in total. The van der Waals surface area contributed by atoms with Gasteiger partial charge in [0.2, 0.25) is 5.75 Å². The van der Waals surface area contributed by atoms with Gasteiger partial charge in [-0.05, 0) is 19.8 Å². The summed E-state index contributed by atoms with van der Waals surface area (Å²) in [7, 11) is 1.23. The van der Waals surface area contributed by atoms with Gasteiger partial charge in [0, 0.05) is 23.4 Å². The number of hydrogen-bond acceptors (Lipinski definition) is 7. The first-order valence-electron chi connectivity index (χ1n) is 9.22. The number of rotatable bonds is 8. The zero-order chi connectivity index (χ0) is 21.7. The van der Waals surface area contributed by atoms with E-state index in [0.717, 1.165) is 0 Å². The van der Waals surface area contributed by atoms with E-state index in [1.807, 2.05) is 13.8 Å². The van der Waals surface area contributed by atoms with Crippen LogP contribution < -0.4 is 20.1 Å². The number of carbonyl (C=O) groups is 2. The molecule has 0 saturated heterocycles. The van der Waals surface area contributed by atoms with Gasteiger partial charge in [0.25, 0.3) is 0 Å². The molecule has 1 aliphatic rings. The van der Waals surface area contributed by atoms with Crippen molar-refractivity contribution in [3.05, 3.63) is 39.1 Å². The van der Waals surface area contributed by atoms with Gasteiger partial charge in [-0.1, -0.05) is 13.8 Å². The summed E-state index contributed by atoms with van der Waals surface area (Å²) in [6.07, 6.45) is 0.